The van der Waals surface area contributed by atoms with Gasteiger partial charge in [0.25, 0.3) is 5.91 Å². The Balaban J connectivity index is 1.39. The van der Waals surface area contributed by atoms with E-state index in [1.165, 1.54) is 30.5 Å². The zero-order chi connectivity index (χ0) is 23.1. The third-order valence-corrected chi connectivity index (χ3v) is 4.97. The minimum Gasteiger partial charge on any atom is -0.459 e. The lowest BCUT2D eigenvalue weighted by atomic mass is 10.1. The number of benzene rings is 1. The molecule has 1 aliphatic heterocycles. The predicted octanol–water partition coefficient (Wildman–Crippen LogP) is 2.20. The highest BCUT2D eigenvalue weighted by Gasteiger charge is 2.33. The third-order valence-electron chi connectivity index (χ3n) is 4.97. The summed E-state index contributed by atoms with van der Waals surface area (Å²) in [6.45, 7) is 1.69. The maximum absolute atomic E-state index is 13.1. The number of para-hydroxylation sites is 1. The van der Waals surface area contributed by atoms with Crippen LogP contribution in [0.4, 0.5) is 18.9 Å². The number of carbonyl (C=O) groups excluding carboxylic acids is 3. The van der Waals surface area contributed by atoms with Gasteiger partial charge in [-0.3, -0.25) is 19.3 Å². The maximum Gasteiger partial charge on any atom is 0.418 e. The molecule has 32 heavy (non-hydrogen) atoms. The highest BCUT2D eigenvalue weighted by Crippen LogP contribution is 2.34. The number of anilines is 1. The summed E-state index contributed by atoms with van der Waals surface area (Å²) in [5.41, 5.74) is -1.18. The number of hydrogen-bond acceptors (Lipinski definition) is 5. The Morgan fingerprint density at radius 1 is 1.00 bits per heavy atom. The number of nitrogens with zero attached hydrogens (tertiary/aromatic N) is 2. The van der Waals surface area contributed by atoms with Crippen molar-refractivity contribution in [3.8, 4) is 0 Å². The molecule has 2 aromatic rings. The molecule has 1 saturated heterocycles. The summed E-state index contributed by atoms with van der Waals surface area (Å²) in [6, 6.07) is 7.92. The lowest BCUT2D eigenvalue weighted by Crippen LogP contribution is -2.50. The first kappa shape index (κ1) is 23.3. The summed E-state index contributed by atoms with van der Waals surface area (Å²) in [5.74, 6) is -0.914. The number of carbonyl (C=O) groups is 3. The van der Waals surface area contributed by atoms with Crippen molar-refractivity contribution >= 4 is 23.4 Å². The molecule has 0 unspecified atom stereocenters. The third kappa shape index (κ3) is 6.33. The molecule has 3 rings (SSSR count). The number of nitrogens with one attached hydrogen (secondary N) is 2. The smallest absolute Gasteiger partial charge is 0.418 e. The summed E-state index contributed by atoms with van der Waals surface area (Å²) >= 11 is 0. The summed E-state index contributed by atoms with van der Waals surface area (Å²) < 4.78 is 44.1. The van der Waals surface area contributed by atoms with Crippen LogP contribution in [-0.2, 0) is 15.8 Å². The number of alkyl halides is 3. The van der Waals surface area contributed by atoms with Gasteiger partial charge in [-0.25, -0.2) is 0 Å². The second-order valence-electron chi connectivity index (χ2n) is 7.23. The van der Waals surface area contributed by atoms with Crippen molar-refractivity contribution in [3.63, 3.8) is 0 Å². The molecule has 1 aromatic heterocycles. The molecule has 0 aliphatic carbocycles. The van der Waals surface area contributed by atoms with Gasteiger partial charge in [0.05, 0.1) is 24.1 Å². The van der Waals surface area contributed by atoms with Crippen molar-refractivity contribution in [1.82, 2.24) is 15.1 Å². The van der Waals surface area contributed by atoms with Crippen molar-refractivity contribution in [2.75, 3.05) is 44.6 Å². The van der Waals surface area contributed by atoms with Gasteiger partial charge < -0.3 is 20.0 Å². The zero-order valence-electron chi connectivity index (χ0n) is 17.2. The van der Waals surface area contributed by atoms with Gasteiger partial charge in [-0.2, -0.15) is 13.2 Å². The second-order valence-corrected chi connectivity index (χ2v) is 7.23. The van der Waals surface area contributed by atoms with Crippen LogP contribution in [0.2, 0.25) is 0 Å². The lowest BCUT2D eigenvalue weighted by Gasteiger charge is -2.34. The molecule has 2 N–H and O–H groups in total. The Hall–Kier alpha value is -3.34. The van der Waals surface area contributed by atoms with Crippen molar-refractivity contribution in [1.29, 1.82) is 0 Å². The molecule has 172 valence electrons. The SMILES string of the molecule is O=C(CN1CCN(C(=O)CCNC(=O)c2ccco2)CC1)Nc1ccccc1C(F)(F)F. The molecule has 8 nitrogen and oxygen atoms in total. The van der Waals surface area contributed by atoms with Gasteiger partial charge in [-0.05, 0) is 24.3 Å². The summed E-state index contributed by atoms with van der Waals surface area (Å²) in [5, 5.41) is 4.92. The average molecular weight is 452 g/mol. The Morgan fingerprint density at radius 2 is 1.72 bits per heavy atom. The molecule has 0 atom stereocenters. The van der Waals surface area contributed by atoms with Gasteiger partial charge in [0.2, 0.25) is 11.8 Å². The van der Waals surface area contributed by atoms with Crippen LogP contribution in [0.1, 0.15) is 22.5 Å². The molecule has 0 saturated carbocycles. The highest BCUT2D eigenvalue weighted by molar-refractivity contribution is 5.93. The second kappa shape index (κ2) is 10.3. The number of amides is 3. The van der Waals surface area contributed by atoms with Crippen LogP contribution in [0.15, 0.2) is 47.1 Å². The molecule has 3 amide bonds. The topological polar surface area (TPSA) is 94.9 Å². The molecule has 0 bridgehead atoms. The first-order valence-corrected chi connectivity index (χ1v) is 10.0. The number of hydrogen-bond donors (Lipinski definition) is 2. The van der Waals surface area contributed by atoms with Crippen molar-refractivity contribution < 1.29 is 32.0 Å². The van der Waals surface area contributed by atoms with Crippen molar-refractivity contribution in [2.24, 2.45) is 0 Å². The van der Waals surface area contributed by atoms with Gasteiger partial charge in [0, 0.05) is 39.1 Å². The first-order valence-electron chi connectivity index (χ1n) is 10.0. The molecule has 0 spiro atoms. The quantitative estimate of drug-likeness (QED) is 0.672. The molecule has 2 heterocycles. The Kier molecular flexibility index (Phi) is 7.52. The zero-order valence-corrected chi connectivity index (χ0v) is 17.2. The molecule has 1 aromatic carbocycles. The Morgan fingerprint density at radius 3 is 2.38 bits per heavy atom. The lowest BCUT2D eigenvalue weighted by molar-refractivity contribution is -0.137. The molecule has 1 aliphatic rings. The standard InChI is InChI=1S/C21H23F3N4O4/c22-21(23,24)15-4-1-2-5-16(15)26-18(29)14-27-9-11-28(12-10-27)19(30)7-8-25-20(31)17-6-3-13-32-17/h1-6,13H,7-12,14H2,(H,25,31)(H,26,29). The van der Waals surface area contributed by atoms with Crippen LogP contribution >= 0.6 is 0 Å². The number of furan rings is 1. The highest BCUT2D eigenvalue weighted by atomic mass is 19.4. The van der Waals surface area contributed by atoms with E-state index < -0.39 is 23.6 Å². The van der Waals surface area contributed by atoms with Crippen LogP contribution in [0.25, 0.3) is 0 Å². The largest absolute Gasteiger partial charge is 0.459 e. The van der Waals surface area contributed by atoms with Crippen molar-refractivity contribution in [3.05, 3.63) is 54.0 Å². The maximum atomic E-state index is 13.1. The van der Waals surface area contributed by atoms with E-state index in [9.17, 15) is 27.6 Å². The fourth-order valence-corrected chi connectivity index (χ4v) is 3.32. The van der Waals surface area contributed by atoms with Gasteiger partial charge in [0.15, 0.2) is 5.76 Å². The fraction of sp³-hybridized carbons (Fsp3) is 0.381. The van der Waals surface area contributed by atoms with E-state index in [4.69, 9.17) is 4.42 Å². The number of rotatable bonds is 7. The first-order chi connectivity index (χ1) is 15.2. The monoisotopic (exact) mass is 452 g/mol. The Bertz CT molecular complexity index is 939. The van der Waals surface area contributed by atoms with Crippen LogP contribution < -0.4 is 10.6 Å². The van der Waals surface area contributed by atoms with Crippen LogP contribution in [0.3, 0.4) is 0 Å². The molecular weight excluding hydrogens is 429 g/mol. The van der Waals surface area contributed by atoms with Gasteiger partial charge in [-0.1, -0.05) is 12.1 Å². The van der Waals surface area contributed by atoms with E-state index in [1.807, 2.05) is 0 Å². The van der Waals surface area contributed by atoms with Crippen LogP contribution in [0.5, 0.6) is 0 Å². The molecule has 11 heteroatoms. The molecular formula is C21H23F3N4O4. The molecule has 0 radical (unpaired) electrons. The van der Waals surface area contributed by atoms with E-state index in [2.05, 4.69) is 10.6 Å². The van der Waals surface area contributed by atoms with Gasteiger partial charge in [-0.15, -0.1) is 0 Å². The summed E-state index contributed by atoms with van der Waals surface area (Å²) in [6.07, 6.45) is -3.05. The fourth-order valence-electron chi connectivity index (χ4n) is 3.32. The minimum absolute atomic E-state index is 0.0760. The minimum atomic E-state index is -4.56. The van der Waals surface area contributed by atoms with Gasteiger partial charge >= 0.3 is 6.18 Å². The van der Waals surface area contributed by atoms with E-state index >= 15 is 0 Å². The normalized spacial score (nSPS) is 14.8. The van der Waals surface area contributed by atoms with Crippen molar-refractivity contribution in [2.45, 2.75) is 12.6 Å². The number of halogens is 3. The van der Waals surface area contributed by atoms with Gasteiger partial charge in [0.1, 0.15) is 0 Å². The summed E-state index contributed by atoms with van der Waals surface area (Å²) in [4.78, 5) is 39.7. The molecule has 1 fully saturated rings. The van der Waals surface area contributed by atoms with E-state index in [-0.39, 0.29) is 36.9 Å². The number of piperazine rings is 1. The summed E-state index contributed by atoms with van der Waals surface area (Å²) in [7, 11) is 0. The van der Waals surface area contributed by atoms with Crippen LogP contribution in [0, 0.1) is 0 Å². The van der Waals surface area contributed by atoms with E-state index in [1.54, 1.807) is 15.9 Å². The van der Waals surface area contributed by atoms with E-state index in [0.717, 1.165) is 6.07 Å². The van der Waals surface area contributed by atoms with E-state index in [0.29, 0.717) is 26.2 Å². The predicted molar refractivity (Wildman–Crippen MR) is 109 cm³/mol. The Labute approximate surface area is 182 Å². The average Bonchev–Trinajstić information content (AvgIpc) is 3.29. The van der Waals surface area contributed by atoms with Crippen LogP contribution in [-0.4, -0.2) is 66.8 Å².